The van der Waals surface area contributed by atoms with Crippen molar-refractivity contribution in [1.82, 2.24) is 5.32 Å². The minimum atomic E-state index is -0.477. The fourth-order valence-electron chi connectivity index (χ4n) is 1.88. The summed E-state index contributed by atoms with van der Waals surface area (Å²) in [6.07, 6.45) is 2.16. The highest BCUT2D eigenvalue weighted by molar-refractivity contribution is 6.31. The second kappa shape index (κ2) is 6.73. The summed E-state index contributed by atoms with van der Waals surface area (Å²) in [5.41, 5.74) is 0.610. The molecule has 1 saturated heterocycles. The minimum absolute atomic E-state index is 0.0322. The number of carbonyl (C=O) groups is 1. The molecule has 1 aliphatic rings. The predicted octanol–water partition coefficient (Wildman–Crippen LogP) is 2.19. The first-order valence-electron chi connectivity index (χ1n) is 6.22. The van der Waals surface area contributed by atoms with E-state index in [4.69, 9.17) is 16.3 Å². The van der Waals surface area contributed by atoms with E-state index >= 15 is 0 Å². The first-order chi connectivity index (χ1) is 9.15. The number of anilines is 1. The van der Waals surface area contributed by atoms with E-state index in [1.165, 1.54) is 18.2 Å². The Morgan fingerprint density at radius 1 is 1.53 bits per heavy atom. The Labute approximate surface area is 116 Å². The van der Waals surface area contributed by atoms with Crippen molar-refractivity contribution in [2.45, 2.75) is 18.9 Å². The maximum absolute atomic E-state index is 12.9. The van der Waals surface area contributed by atoms with Crippen LogP contribution in [0.15, 0.2) is 18.2 Å². The molecule has 0 aliphatic carbocycles. The van der Waals surface area contributed by atoms with Crippen LogP contribution in [0.1, 0.15) is 12.8 Å². The highest BCUT2D eigenvalue weighted by atomic mass is 35.5. The van der Waals surface area contributed by atoms with Crippen LogP contribution in [-0.2, 0) is 9.53 Å². The van der Waals surface area contributed by atoms with Gasteiger partial charge in [-0.05, 0) is 31.0 Å². The third-order valence-corrected chi connectivity index (χ3v) is 3.21. The molecule has 1 aliphatic heterocycles. The SMILES string of the molecule is O=C(CNc1ccc(F)c(Cl)c1)NCC1CCCO1. The van der Waals surface area contributed by atoms with Crippen molar-refractivity contribution in [3.8, 4) is 0 Å². The number of hydrogen-bond donors (Lipinski definition) is 2. The third-order valence-electron chi connectivity index (χ3n) is 2.92. The van der Waals surface area contributed by atoms with E-state index in [1.54, 1.807) is 0 Å². The molecule has 1 aromatic rings. The Balaban J connectivity index is 1.71. The van der Waals surface area contributed by atoms with E-state index in [9.17, 15) is 9.18 Å². The van der Waals surface area contributed by atoms with Gasteiger partial charge in [-0.1, -0.05) is 11.6 Å². The number of hydrogen-bond acceptors (Lipinski definition) is 3. The van der Waals surface area contributed by atoms with Crippen LogP contribution in [0.25, 0.3) is 0 Å². The van der Waals surface area contributed by atoms with Gasteiger partial charge in [0.05, 0.1) is 17.7 Å². The van der Waals surface area contributed by atoms with Gasteiger partial charge in [-0.2, -0.15) is 0 Å². The Kier molecular flexibility index (Phi) is 4.99. The van der Waals surface area contributed by atoms with E-state index in [0.717, 1.165) is 19.4 Å². The second-order valence-electron chi connectivity index (χ2n) is 4.42. The molecule has 2 rings (SSSR count). The Morgan fingerprint density at radius 3 is 3.05 bits per heavy atom. The first-order valence-corrected chi connectivity index (χ1v) is 6.60. The van der Waals surface area contributed by atoms with Gasteiger partial charge in [-0.25, -0.2) is 4.39 Å². The summed E-state index contributed by atoms with van der Waals surface area (Å²) in [4.78, 5) is 11.6. The summed E-state index contributed by atoms with van der Waals surface area (Å²) >= 11 is 5.64. The van der Waals surface area contributed by atoms with Crippen molar-refractivity contribution >= 4 is 23.2 Å². The monoisotopic (exact) mass is 286 g/mol. The Bertz CT molecular complexity index is 450. The quantitative estimate of drug-likeness (QED) is 0.872. The van der Waals surface area contributed by atoms with Gasteiger partial charge in [0.1, 0.15) is 5.82 Å². The summed E-state index contributed by atoms with van der Waals surface area (Å²) in [6.45, 7) is 1.42. The summed E-state index contributed by atoms with van der Waals surface area (Å²) in [7, 11) is 0. The molecule has 0 radical (unpaired) electrons. The normalized spacial score (nSPS) is 18.3. The molecule has 1 amide bonds. The van der Waals surface area contributed by atoms with Gasteiger partial charge in [-0.3, -0.25) is 4.79 Å². The molecule has 1 atom stereocenters. The number of rotatable bonds is 5. The first kappa shape index (κ1) is 14.1. The van der Waals surface area contributed by atoms with Gasteiger partial charge < -0.3 is 15.4 Å². The molecule has 4 nitrogen and oxygen atoms in total. The van der Waals surface area contributed by atoms with Gasteiger partial charge in [0, 0.05) is 18.8 Å². The minimum Gasteiger partial charge on any atom is -0.376 e. The maximum Gasteiger partial charge on any atom is 0.239 e. The lowest BCUT2D eigenvalue weighted by atomic mass is 10.2. The van der Waals surface area contributed by atoms with Crippen molar-refractivity contribution in [1.29, 1.82) is 0 Å². The van der Waals surface area contributed by atoms with E-state index in [1.807, 2.05) is 0 Å². The van der Waals surface area contributed by atoms with Crippen LogP contribution in [0.2, 0.25) is 5.02 Å². The lowest BCUT2D eigenvalue weighted by molar-refractivity contribution is -0.119. The van der Waals surface area contributed by atoms with Crippen LogP contribution < -0.4 is 10.6 Å². The standard InChI is InChI=1S/C13H16ClFN2O2/c14-11-6-9(3-4-12(11)15)16-8-13(18)17-7-10-2-1-5-19-10/h3-4,6,10,16H,1-2,5,7-8H2,(H,17,18). The van der Waals surface area contributed by atoms with Crippen LogP contribution in [0.5, 0.6) is 0 Å². The van der Waals surface area contributed by atoms with Crippen LogP contribution in [0.4, 0.5) is 10.1 Å². The number of amides is 1. The maximum atomic E-state index is 12.9. The number of ether oxygens (including phenoxy) is 1. The molecule has 1 unspecified atom stereocenters. The average Bonchev–Trinajstić information content (AvgIpc) is 2.91. The van der Waals surface area contributed by atoms with E-state index in [2.05, 4.69) is 10.6 Å². The Hall–Kier alpha value is -1.33. The fourth-order valence-corrected chi connectivity index (χ4v) is 2.06. The summed E-state index contributed by atoms with van der Waals surface area (Å²) < 4.78 is 18.3. The highest BCUT2D eigenvalue weighted by Crippen LogP contribution is 2.19. The van der Waals surface area contributed by atoms with E-state index < -0.39 is 5.82 Å². The van der Waals surface area contributed by atoms with Crippen molar-refractivity contribution in [3.63, 3.8) is 0 Å². The van der Waals surface area contributed by atoms with Crippen molar-refractivity contribution in [2.24, 2.45) is 0 Å². The van der Waals surface area contributed by atoms with Crippen molar-refractivity contribution in [3.05, 3.63) is 29.0 Å². The highest BCUT2D eigenvalue weighted by Gasteiger charge is 2.15. The molecule has 0 spiro atoms. The van der Waals surface area contributed by atoms with Crippen LogP contribution in [-0.4, -0.2) is 31.7 Å². The zero-order chi connectivity index (χ0) is 13.7. The van der Waals surface area contributed by atoms with Crippen molar-refractivity contribution < 1.29 is 13.9 Å². The zero-order valence-electron chi connectivity index (χ0n) is 10.4. The third kappa shape index (κ3) is 4.36. The zero-order valence-corrected chi connectivity index (χ0v) is 11.2. The molecule has 1 aromatic carbocycles. The van der Waals surface area contributed by atoms with Gasteiger partial charge in [0.15, 0.2) is 0 Å². The largest absolute Gasteiger partial charge is 0.376 e. The van der Waals surface area contributed by atoms with Crippen LogP contribution in [0, 0.1) is 5.82 Å². The molecule has 104 valence electrons. The van der Waals surface area contributed by atoms with E-state index in [0.29, 0.717) is 12.2 Å². The number of benzene rings is 1. The summed E-state index contributed by atoms with van der Waals surface area (Å²) in [6, 6.07) is 4.24. The summed E-state index contributed by atoms with van der Waals surface area (Å²) in [5.74, 6) is -0.606. The van der Waals surface area contributed by atoms with Crippen LogP contribution in [0.3, 0.4) is 0 Å². The Morgan fingerprint density at radius 2 is 2.37 bits per heavy atom. The number of nitrogens with one attached hydrogen (secondary N) is 2. The molecule has 1 heterocycles. The lowest BCUT2D eigenvalue weighted by Gasteiger charge is -2.11. The van der Waals surface area contributed by atoms with Crippen LogP contribution >= 0.6 is 11.6 Å². The van der Waals surface area contributed by atoms with Crippen molar-refractivity contribution in [2.75, 3.05) is 25.0 Å². The smallest absolute Gasteiger partial charge is 0.239 e. The molecule has 0 saturated carbocycles. The molecule has 6 heteroatoms. The number of carbonyl (C=O) groups excluding carboxylic acids is 1. The van der Waals surface area contributed by atoms with E-state index in [-0.39, 0.29) is 23.6 Å². The summed E-state index contributed by atoms with van der Waals surface area (Å²) in [5, 5.41) is 5.70. The van der Waals surface area contributed by atoms with Gasteiger partial charge >= 0.3 is 0 Å². The van der Waals surface area contributed by atoms with Gasteiger partial charge in [0.25, 0.3) is 0 Å². The molecule has 2 N–H and O–H groups in total. The lowest BCUT2D eigenvalue weighted by Crippen LogP contribution is -2.35. The molecular formula is C13H16ClFN2O2. The van der Waals surface area contributed by atoms with Gasteiger partial charge in [-0.15, -0.1) is 0 Å². The second-order valence-corrected chi connectivity index (χ2v) is 4.83. The molecular weight excluding hydrogens is 271 g/mol. The fraction of sp³-hybridized carbons (Fsp3) is 0.462. The predicted molar refractivity (Wildman–Crippen MR) is 71.9 cm³/mol. The molecule has 0 aromatic heterocycles. The number of halogens is 2. The average molecular weight is 287 g/mol. The molecule has 1 fully saturated rings. The van der Waals surface area contributed by atoms with Gasteiger partial charge in [0.2, 0.25) is 5.91 Å². The molecule has 19 heavy (non-hydrogen) atoms. The topological polar surface area (TPSA) is 50.4 Å². The molecule has 0 bridgehead atoms.